The van der Waals surface area contributed by atoms with Crippen LogP contribution in [0.4, 0.5) is 10.1 Å². The van der Waals surface area contributed by atoms with Crippen molar-refractivity contribution >= 4 is 11.2 Å². The van der Waals surface area contributed by atoms with Gasteiger partial charge in [-0.3, -0.25) is 4.40 Å². The normalized spacial score (nSPS) is 13.7. The van der Waals surface area contributed by atoms with Crippen LogP contribution in [0.25, 0.3) is 22.6 Å². The molecule has 1 fully saturated rings. The summed E-state index contributed by atoms with van der Waals surface area (Å²) in [6.45, 7) is 6.06. The Labute approximate surface area is 166 Å². The van der Waals surface area contributed by atoms with E-state index in [1.807, 2.05) is 19.9 Å². The monoisotopic (exact) mass is 390 g/mol. The van der Waals surface area contributed by atoms with Gasteiger partial charge in [-0.05, 0) is 43.5 Å². The zero-order chi connectivity index (χ0) is 20.1. The minimum atomic E-state index is -0.569. The standard InChI is InChI=1S/C21H19FN6O/c1-13-18-12-25-28(20-23-10-16(22)11-24-20)21(29)27(18)14(2)19(13)15-5-3-6-17(9-15)26-7-4-8-26/h3,5-6,9-12H,4,7-8H2,1-2H3. The molecule has 0 atom stereocenters. The van der Waals surface area contributed by atoms with Crippen molar-refractivity contribution in [2.24, 2.45) is 0 Å². The van der Waals surface area contributed by atoms with Gasteiger partial charge >= 0.3 is 5.69 Å². The molecule has 4 heterocycles. The zero-order valence-corrected chi connectivity index (χ0v) is 16.1. The molecular formula is C21H19FN6O. The topological polar surface area (TPSA) is 68.3 Å². The number of anilines is 1. The maximum atomic E-state index is 13.1. The van der Waals surface area contributed by atoms with Crippen molar-refractivity contribution in [3.05, 3.63) is 70.4 Å². The third-order valence-electron chi connectivity index (χ3n) is 5.52. The highest BCUT2D eigenvalue weighted by Gasteiger charge is 2.20. The van der Waals surface area contributed by atoms with Crippen molar-refractivity contribution < 1.29 is 4.39 Å². The smallest absolute Gasteiger partial charge is 0.356 e. The van der Waals surface area contributed by atoms with E-state index >= 15 is 0 Å². The van der Waals surface area contributed by atoms with E-state index in [1.54, 1.807) is 10.6 Å². The lowest BCUT2D eigenvalue weighted by Gasteiger charge is -2.33. The molecule has 0 bridgehead atoms. The summed E-state index contributed by atoms with van der Waals surface area (Å²) in [7, 11) is 0. The van der Waals surface area contributed by atoms with Crippen molar-refractivity contribution in [2.75, 3.05) is 18.0 Å². The minimum Gasteiger partial charge on any atom is -0.371 e. The molecule has 0 unspecified atom stereocenters. The number of aromatic nitrogens is 5. The molecule has 1 saturated heterocycles. The van der Waals surface area contributed by atoms with Crippen LogP contribution >= 0.6 is 0 Å². The molecule has 0 amide bonds. The van der Waals surface area contributed by atoms with Gasteiger partial charge in [0, 0.05) is 30.0 Å². The van der Waals surface area contributed by atoms with Crippen molar-refractivity contribution in [1.29, 1.82) is 0 Å². The molecule has 7 nitrogen and oxygen atoms in total. The second-order valence-electron chi connectivity index (χ2n) is 7.24. The third kappa shape index (κ3) is 2.71. The van der Waals surface area contributed by atoms with E-state index in [9.17, 15) is 9.18 Å². The van der Waals surface area contributed by atoms with Crippen LogP contribution in [-0.4, -0.2) is 37.2 Å². The maximum Gasteiger partial charge on any atom is 0.356 e. The summed E-state index contributed by atoms with van der Waals surface area (Å²) in [6.07, 6.45) is 4.87. The lowest BCUT2D eigenvalue weighted by atomic mass is 10.0. The molecule has 0 radical (unpaired) electrons. The van der Waals surface area contributed by atoms with Gasteiger partial charge < -0.3 is 4.90 Å². The second-order valence-corrected chi connectivity index (χ2v) is 7.24. The number of halogens is 1. The Morgan fingerprint density at radius 1 is 1.07 bits per heavy atom. The summed E-state index contributed by atoms with van der Waals surface area (Å²) in [6, 6.07) is 8.40. The Morgan fingerprint density at radius 2 is 1.83 bits per heavy atom. The molecule has 3 aromatic heterocycles. The number of rotatable bonds is 3. The van der Waals surface area contributed by atoms with Crippen molar-refractivity contribution in [3.63, 3.8) is 0 Å². The first-order valence-corrected chi connectivity index (χ1v) is 9.48. The molecule has 0 spiro atoms. The molecule has 1 aromatic carbocycles. The molecule has 0 N–H and O–H groups in total. The predicted molar refractivity (Wildman–Crippen MR) is 108 cm³/mol. The summed E-state index contributed by atoms with van der Waals surface area (Å²) in [5.74, 6) is -0.536. The molecule has 0 saturated carbocycles. The van der Waals surface area contributed by atoms with E-state index in [0.29, 0.717) is 0 Å². The number of aryl methyl sites for hydroxylation is 2. The van der Waals surface area contributed by atoms with E-state index in [-0.39, 0.29) is 11.6 Å². The molecule has 4 aromatic rings. The quantitative estimate of drug-likeness (QED) is 0.538. The lowest BCUT2D eigenvalue weighted by molar-refractivity contribution is 0.604. The number of hydrogen-bond acceptors (Lipinski definition) is 5. The van der Waals surface area contributed by atoms with Crippen LogP contribution in [0.3, 0.4) is 0 Å². The van der Waals surface area contributed by atoms with Crippen LogP contribution in [0.5, 0.6) is 0 Å². The van der Waals surface area contributed by atoms with Gasteiger partial charge in [-0.1, -0.05) is 12.1 Å². The molecule has 29 heavy (non-hydrogen) atoms. The fourth-order valence-corrected chi connectivity index (χ4v) is 3.93. The molecule has 1 aliphatic heterocycles. The number of fused-ring (bicyclic) bond motifs is 1. The zero-order valence-electron chi connectivity index (χ0n) is 16.1. The summed E-state index contributed by atoms with van der Waals surface area (Å²) in [5.41, 5.74) is 5.43. The fraction of sp³-hybridized carbons (Fsp3) is 0.238. The second kappa shape index (κ2) is 6.51. The van der Waals surface area contributed by atoms with E-state index in [4.69, 9.17) is 0 Å². The molecule has 1 aliphatic rings. The van der Waals surface area contributed by atoms with E-state index in [1.165, 1.54) is 12.1 Å². The van der Waals surface area contributed by atoms with Gasteiger partial charge in [0.15, 0.2) is 5.82 Å². The Kier molecular flexibility index (Phi) is 3.94. The molecule has 8 heteroatoms. The average Bonchev–Trinajstić information content (AvgIpc) is 2.93. The summed E-state index contributed by atoms with van der Waals surface area (Å²) >= 11 is 0. The number of nitrogens with zero attached hydrogens (tertiary/aromatic N) is 6. The molecular weight excluding hydrogens is 371 g/mol. The van der Waals surface area contributed by atoms with Crippen LogP contribution in [0.15, 0.2) is 47.7 Å². The highest BCUT2D eigenvalue weighted by atomic mass is 19.1. The first kappa shape index (κ1) is 17.5. The predicted octanol–water partition coefficient (Wildman–Crippen LogP) is 2.91. The van der Waals surface area contributed by atoms with Gasteiger partial charge in [-0.25, -0.2) is 19.2 Å². The van der Waals surface area contributed by atoms with E-state index < -0.39 is 5.82 Å². The Morgan fingerprint density at radius 3 is 2.52 bits per heavy atom. The summed E-state index contributed by atoms with van der Waals surface area (Å²) in [5, 5.41) is 4.21. The largest absolute Gasteiger partial charge is 0.371 e. The van der Waals surface area contributed by atoms with Crippen LogP contribution in [0.2, 0.25) is 0 Å². The van der Waals surface area contributed by atoms with Crippen molar-refractivity contribution in [3.8, 4) is 17.1 Å². The van der Waals surface area contributed by atoms with Gasteiger partial charge in [0.1, 0.15) is 0 Å². The van der Waals surface area contributed by atoms with Gasteiger partial charge in [0.05, 0.1) is 24.1 Å². The van der Waals surface area contributed by atoms with Crippen LogP contribution < -0.4 is 10.6 Å². The molecule has 146 valence electrons. The van der Waals surface area contributed by atoms with Crippen molar-refractivity contribution in [1.82, 2.24) is 24.1 Å². The van der Waals surface area contributed by atoms with E-state index in [0.717, 1.165) is 58.1 Å². The Balaban J connectivity index is 1.69. The average molecular weight is 390 g/mol. The minimum absolute atomic E-state index is 0.0328. The lowest BCUT2D eigenvalue weighted by Crippen LogP contribution is -2.36. The Bertz CT molecular complexity index is 1290. The van der Waals surface area contributed by atoms with Crippen LogP contribution in [0, 0.1) is 19.7 Å². The van der Waals surface area contributed by atoms with Gasteiger partial charge in [-0.15, -0.1) is 4.68 Å². The first-order valence-electron chi connectivity index (χ1n) is 9.48. The molecule has 0 aliphatic carbocycles. The highest BCUT2D eigenvalue weighted by Crippen LogP contribution is 2.34. The van der Waals surface area contributed by atoms with E-state index in [2.05, 4.69) is 38.2 Å². The van der Waals surface area contributed by atoms with Crippen LogP contribution in [0.1, 0.15) is 17.7 Å². The number of hydrogen-bond donors (Lipinski definition) is 0. The molecule has 5 rings (SSSR count). The summed E-state index contributed by atoms with van der Waals surface area (Å²) in [4.78, 5) is 23.2. The third-order valence-corrected chi connectivity index (χ3v) is 5.52. The van der Waals surface area contributed by atoms with Gasteiger partial charge in [0.25, 0.3) is 5.95 Å². The summed E-state index contributed by atoms with van der Waals surface area (Å²) < 4.78 is 15.8. The maximum absolute atomic E-state index is 13.1. The van der Waals surface area contributed by atoms with Crippen molar-refractivity contribution in [2.45, 2.75) is 20.3 Å². The van der Waals surface area contributed by atoms with Crippen LogP contribution in [-0.2, 0) is 0 Å². The highest BCUT2D eigenvalue weighted by molar-refractivity contribution is 5.80. The van der Waals surface area contributed by atoms with Gasteiger partial charge in [0.2, 0.25) is 0 Å². The Hall–Kier alpha value is -3.55. The SMILES string of the molecule is Cc1c(-c2cccc(N3CCC3)c2)c(C)n2c(=O)n(-c3ncc(F)cn3)ncc12. The number of benzene rings is 1. The first-order chi connectivity index (χ1) is 14.0. The van der Waals surface area contributed by atoms with Gasteiger partial charge in [-0.2, -0.15) is 5.10 Å². The fourth-order valence-electron chi connectivity index (χ4n) is 3.93.